The van der Waals surface area contributed by atoms with Gasteiger partial charge in [-0.2, -0.15) is 18.3 Å². The van der Waals surface area contributed by atoms with Gasteiger partial charge in [-0.15, -0.1) is 11.3 Å². The number of thiophene rings is 1. The molecule has 3 heterocycles. The molecule has 0 saturated heterocycles. The van der Waals surface area contributed by atoms with E-state index >= 15 is 0 Å². The fourth-order valence-corrected chi connectivity index (χ4v) is 4.27. The number of benzene rings is 1. The number of halogens is 3. The molecule has 1 unspecified atom stereocenters. The summed E-state index contributed by atoms with van der Waals surface area (Å²) in [6.45, 7) is 3.90. The molecule has 0 bridgehead atoms. The Morgan fingerprint density at radius 3 is 2.67 bits per heavy atom. The lowest BCUT2D eigenvalue weighted by molar-refractivity contribution is -0.172. The van der Waals surface area contributed by atoms with Crippen molar-refractivity contribution in [3.63, 3.8) is 0 Å². The molecule has 3 aromatic rings. The van der Waals surface area contributed by atoms with Gasteiger partial charge in [-0.3, -0.25) is 9.69 Å². The Kier molecular flexibility index (Phi) is 5.31. The predicted molar refractivity (Wildman–Crippen MR) is 108 cm³/mol. The summed E-state index contributed by atoms with van der Waals surface area (Å²) < 4.78 is 46.7. The van der Waals surface area contributed by atoms with Gasteiger partial charge in [-0.1, -0.05) is 17.7 Å². The first-order valence-electron chi connectivity index (χ1n) is 9.44. The summed E-state index contributed by atoms with van der Waals surface area (Å²) in [6, 6.07) is 9.19. The molecule has 9 heteroatoms. The molecule has 4 rings (SSSR count). The summed E-state index contributed by atoms with van der Waals surface area (Å²) in [5.41, 5.74) is 2.41. The second-order valence-electron chi connectivity index (χ2n) is 7.31. The lowest BCUT2D eigenvalue weighted by atomic mass is 10.1. The molecule has 158 valence electrons. The van der Waals surface area contributed by atoms with E-state index in [0.717, 1.165) is 21.6 Å². The zero-order valence-corrected chi connectivity index (χ0v) is 17.3. The van der Waals surface area contributed by atoms with Crippen LogP contribution >= 0.6 is 11.3 Å². The van der Waals surface area contributed by atoms with Crippen molar-refractivity contribution in [3.05, 3.63) is 63.5 Å². The van der Waals surface area contributed by atoms with E-state index in [4.69, 9.17) is 4.74 Å². The number of aromatic nitrogens is 2. The highest BCUT2D eigenvalue weighted by Crippen LogP contribution is 2.40. The van der Waals surface area contributed by atoms with Crippen LogP contribution in [0.3, 0.4) is 0 Å². The van der Waals surface area contributed by atoms with Crippen molar-refractivity contribution in [1.82, 2.24) is 9.78 Å². The molecule has 0 N–H and O–H groups in total. The van der Waals surface area contributed by atoms with Crippen LogP contribution in [0.5, 0.6) is 5.75 Å². The van der Waals surface area contributed by atoms with Crippen LogP contribution in [0.4, 0.5) is 19.0 Å². The predicted octanol–water partition coefficient (Wildman–Crippen LogP) is 5.29. The summed E-state index contributed by atoms with van der Waals surface area (Å²) in [6.07, 6.45) is -4.64. The van der Waals surface area contributed by atoms with Gasteiger partial charge in [-0.25, -0.2) is 4.68 Å². The van der Waals surface area contributed by atoms with E-state index in [1.54, 1.807) is 13.0 Å². The molecule has 1 atom stereocenters. The zero-order chi connectivity index (χ0) is 21.5. The largest absolute Gasteiger partial charge is 0.489 e. The Bertz CT molecular complexity index is 1060. The van der Waals surface area contributed by atoms with E-state index in [-0.39, 0.29) is 24.7 Å². The third-order valence-electron chi connectivity index (χ3n) is 4.95. The Morgan fingerprint density at radius 2 is 1.97 bits per heavy atom. The maximum atomic E-state index is 13.4. The third kappa shape index (κ3) is 4.07. The van der Waals surface area contributed by atoms with Gasteiger partial charge in [0.2, 0.25) is 0 Å². The maximum Gasteiger partial charge on any atom is 0.410 e. The first-order valence-corrected chi connectivity index (χ1v) is 10.3. The molecule has 0 saturated carbocycles. The van der Waals surface area contributed by atoms with Crippen LogP contribution in [0.15, 0.2) is 41.8 Å². The third-order valence-corrected chi connectivity index (χ3v) is 5.92. The minimum Gasteiger partial charge on any atom is -0.489 e. The summed E-state index contributed by atoms with van der Waals surface area (Å²) in [5.74, 6) is 0.577. The van der Waals surface area contributed by atoms with E-state index in [9.17, 15) is 18.0 Å². The normalized spacial score (nSPS) is 16.4. The van der Waals surface area contributed by atoms with Crippen LogP contribution in [-0.2, 0) is 6.61 Å². The molecule has 0 aliphatic carbocycles. The molecule has 1 aromatic carbocycles. The standard InChI is InChI=1S/C21H20F3N3O2S/c1-13-3-5-16(6-4-13)29-11-15-10-17(30-12-15)20(28)26-8-7-18(21(22,23)24)27-19(26)9-14(2)25-27/h3-6,9-10,12,18H,7-8,11H2,1-2H3. The topological polar surface area (TPSA) is 47.4 Å². The van der Waals surface area contributed by atoms with Gasteiger partial charge < -0.3 is 4.74 Å². The molecule has 2 aromatic heterocycles. The van der Waals surface area contributed by atoms with Crippen LogP contribution in [0.1, 0.15) is 39.0 Å². The van der Waals surface area contributed by atoms with Crippen molar-refractivity contribution >= 4 is 23.1 Å². The van der Waals surface area contributed by atoms with E-state index in [2.05, 4.69) is 5.10 Å². The number of alkyl halides is 3. The summed E-state index contributed by atoms with van der Waals surface area (Å²) >= 11 is 1.25. The first kappa shape index (κ1) is 20.5. The van der Waals surface area contributed by atoms with Crippen LogP contribution in [0, 0.1) is 13.8 Å². The molecular weight excluding hydrogens is 415 g/mol. The second kappa shape index (κ2) is 7.79. The van der Waals surface area contributed by atoms with Crippen LogP contribution in [-0.4, -0.2) is 28.4 Å². The van der Waals surface area contributed by atoms with Crippen molar-refractivity contribution in [1.29, 1.82) is 0 Å². The number of hydrogen-bond acceptors (Lipinski definition) is 4. The number of fused-ring (bicyclic) bond motifs is 1. The number of amides is 1. The molecular formula is C21H20F3N3O2S. The molecule has 5 nitrogen and oxygen atoms in total. The smallest absolute Gasteiger partial charge is 0.410 e. The highest BCUT2D eigenvalue weighted by Gasteiger charge is 2.46. The Hall–Kier alpha value is -2.81. The Balaban J connectivity index is 1.50. The van der Waals surface area contributed by atoms with E-state index in [0.29, 0.717) is 17.2 Å². The number of aryl methyl sites for hydroxylation is 2. The Morgan fingerprint density at radius 1 is 1.23 bits per heavy atom. The van der Waals surface area contributed by atoms with E-state index in [1.807, 2.05) is 36.6 Å². The second-order valence-corrected chi connectivity index (χ2v) is 8.22. The average molecular weight is 435 g/mol. The van der Waals surface area contributed by atoms with Gasteiger partial charge in [0, 0.05) is 18.2 Å². The molecule has 30 heavy (non-hydrogen) atoms. The number of hydrogen-bond donors (Lipinski definition) is 0. The number of anilines is 1. The number of rotatable bonds is 4. The van der Waals surface area contributed by atoms with E-state index in [1.165, 1.54) is 22.3 Å². The number of carbonyl (C=O) groups is 1. The molecule has 0 fully saturated rings. The number of carbonyl (C=O) groups excluding carboxylic acids is 1. The highest BCUT2D eigenvalue weighted by molar-refractivity contribution is 7.12. The minimum atomic E-state index is -4.41. The lowest BCUT2D eigenvalue weighted by Crippen LogP contribution is -2.42. The van der Waals surface area contributed by atoms with Gasteiger partial charge in [-0.05, 0) is 43.8 Å². The van der Waals surface area contributed by atoms with Crippen LogP contribution in [0.25, 0.3) is 0 Å². The van der Waals surface area contributed by atoms with Gasteiger partial charge in [0.05, 0.1) is 10.6 Å². The first-order chi connectivity index (χ1) is 14.2. The lowest BCUT2D eigenvalue weighted by Gasteiger charge is -2.33. The van der Waals surface area contributed by atoms with Crippen molar-refractivity contribution in [2.24, 2.45) is 0 Å². The van der Waals surface area contributed by atoms with Gasteiger partial charge >= 0.3 is 6.18 Å². The van der Waals surface area contributed by atoms with Crippen molar-refractivity contribution in [2.45, 2.75) is 39.1 Å². The fraction of sp³-hybridized carbons (Fsp3) is 0.333. The molecule has 0 spiro atoms. The molecule has 1 aliphatic heterocycles. The number of nitrogens with zero attached hydrogens (tertiary/aromatic N) is 3. The van der Waals surface area contributed by atoms with Crippen molar-refractivity contribution in [3.8, 4) is 5.75 Å². The quantitative estimate of drug-likeness (QED) is 0.559. The van der Waals surface area contributed by atoms with Crippen molar-refractivity contribution in [2.75, 3.05) is 11.4 Å². The fourth-order valence-electron chi connectivity index (χ4n) is 3.43. The van der Waals surface area contributed by atoms with Crippen LogP contribution < -0.4 is 9.64 Å². The van der Waals surface area contributed by atoms with E-state index < -0.39 is 12.2 Å². The van der Waals surface area contributed by atoms with Crippen molar-refractivity contribution < 1.29 is 22.7 Å². The average Bonchev–Trinajstić information content (AvgIpc) is 3.31. The summed E-state index contributed by atoms with van der Waals surface area (Å²) in [7, 11) is 0. The zero-order valence-electron chi connectivity index (χ0n) is 16.4. The van der Waals surface area contributed by atoms with Gasteiger partial charge in [0.1, 0.15) is 18.2 Å². The maximum absolute atomic E-state index is 13.4. The van der Waals surface area contributed by atoms with Gasteiger partial charge in [0.25, 0.3) is 5.91 Å². The highest BCUT2D eigenvalue weighted by atomic mass is 32.1. The monoisotopic (exact) mass is 435 g/mol. The summed E-state index contributed by atoms with van der Waals surface area (Å²) in [5, 5.41) is 5.81. The SMILES string of the molecule is Cc1ccc(OCc2csc(C(=O)N3CCC(C(F)(F)F)n4nc(C)cc43)c2)cc1. The van der Waals surface area contributed by atoms with Crippen LogP contribution in [0.2, 0.25) is 0 Å². The molecule has 1 aliphatic rings. The summed E-state index contributed by atoms with van der Waals surface area (Å²) in [4.78, 5) is 14.9. The molecule has 0 radical (unpaired) electrons. The number of ether oxygens (including phenoxy) is 1. The van der Waals surface area contributed by atoms with Gasteiger partial charge in [0.15, 0.2) is 6.04 Å². The Labute approximate surface area is 175 Å². The molecule has 1 amide bonds. The minimum absolute atomic E-state index is 0.0127.